The Labute approximate surface area is 97.0 Å². The van der Waals surface area contributed by atoms with Crippen molar-refractivity contribution in [1.29, 1.82) is 0 Å². The van der Waals surface area contributed by atoms with Gasteiger partial charge in [0.15, 0.2) is 0 Å². The van der Waals surface area contributed by atoms with Gasteiger partial charge in [0.2, 0.25) is 0 Å². The van der Waals surface area contributed by atoms with Crippen molar-refractivity contribution in [3.05, 3.63) is 34.1 Å². The topological polar surface area (TPSA) is 38.0 Å². The van der Waals surface area contributed by atoms with Crippen LogP contribution in [0.25, 0.3) is 0 Å². The third kappa shape index (κ3) is 4.78. The van der Waals surface area contributed by atoms with Crippen LogP contribution < -0.4 is 11.3 Å². The van der Waals surface area contributed by atoms with Gasteiger partial charge in [0, 0.05) is 11.0 Å². The summed E-state index contributed by atoms with van der Waals surface area (Å²) in [7, 11) is 0. The molecule has 1 aromatic carbocycles. The van der Waals surface area contributed by atoms with Crippen LogP contribution in [0.5, 0.6) is 0 Å². The van der Waals surface area contributed by atoms with Crippen LogP contribution in [-0.2, 0) is 6.54 Å². The lowest BCUT2D eigenvalue weighted by atomic mass is 10.2. The molecule has 0 spiro atoms. The zero-order valence-electron chi connectivity index (χ0n) is 6.59. The average Bonchev–Trinajstić information content (AvgIpc) is 1.98. The average molecular weight is 292 g/mol. The first kappa shape index (κ1) is 15.6. The summed E-state index contributed by atoms with van der Waals surface area (Å²) in [6.45, 7) is 0.457. The van der Waals surface area contributed by atoms with Crippen molar-refractivity contribution in [2.75, 3.05) is 0 Å². The molecule has 13 heavy (non-hydrogen) atoms. The van der Waals surface area contributed by atoms with Crippen molar-refractivity contribution >= 4 is 40.7 Å². The molecule has 0 radical (unpaired) electrons. The Hall–Kier alpha value is 0.130. The SMILES string of the molecule is Cl.Cl.NNCc1cc(F)ccc1Br. The van der Waals surface area contributed by atoms with Gasteiger partial charge in [-0.05, 0) is 23.8 Å². The van der Waals surface area contributed by atoms with Gasteiger partial charge < -0.3 is 0 Å². The molecule has 0 aliphatic carbocycles. The molecule has 0 saturated heterocycles. The molecular formula is C7H10BrCl2FN2. The number of benzene rings is 1. The Morgan fingerprint density at radius 3 is 2.54 bits per heavy atom. The van der Waals surface area contributed by atoms with E-state index in [2.05, 4.69) is 21.4 Å². The largest absolute Gasteiger partial charge is 0.271 e. The Balaban J connectivity index is 0. The molecule has 0 bridgehead atoms. The normalized spacial score (nSPS) is 8.54. The molecule has 0 saturated carbocycles. The zero-order chi connectivity index (χ0) is 8.27. The Kier molecular flexibility index (Phi) is 9.03. The van der Waals surface area contributed by atoms with E-state index in [9.17, 15) is 4.39 Å². The molecule has 0 fully saturated rings. The lowest BCUT2D eigenvalue weighted by molar-refractivity contribution is 0.621. The molecule has 0 aliphatic heterocycles. The number of hydrazine groups is 1. The van der Waals surface area contributed by atoms with Crippen LogP contribution in [0, 0.1) is 5.82 Å². The van der Waals surface area contributed by atoms with Gasteiger partial charge in [-0.25, -0.2) is 4.39 Å². The minimum atomic E-state index is -0.251. The maximum atomic E-state index is 12.6. The lowest BCUT2D eigenvalue weighted by Crippen LogP contribution is -2.21. The van der Waals surface area contributed by atoms with Gasteiger partial charge in [-0.15, -0.1) is 24.8 Å². The zero-order valence-corrected chi connectivity index (χ0v) is 9.81. The molecule has 1 aromatic rings. The minimum Gasteiger partial charge on any atom is -0.271 e. The van der Waals surface area contributed by atoms with Gasteiger partial charge in [0.25, 0.3) is 0 Å². The third-order valence-electron chi connectivity index (χ3n) is 1.30. The van der Waals surface area contributed by atoms with Crippen LogP contribution in [0.15, 0.2) is 22.7 Å². The molecular weight excluding hydrogens is 282 g/mol. The van der Waals surface area contributed by atoms with Crippen LogP contribution in [-0.4, -0.2) is 0 Å². The first-order valence-corrected chi connectivity index (χ1v) is 3.90. The van der Waals surface area contributed by atoms with E-state index >= 15 is 0 Å². The standard InChI is InChI=1S/C7H8BrFN2.2ClH/c8-7-2-1-6(9)3-5(7)4-11-10;;/h1-3,11H,4,10H2;2*1H. The second kappa shape index (κ2) is 7.53. The maximum Gasteiger partial charge on any atom is 0.123 e. The number of hydrogen-bond acceptors (Lipinski definition) is 2. The summed E-state index contributed by atoms with van der Waals surface area (Å²) in [5, 5.41) is 0. The first-order chi connectivity index (χ1) is 5.24. The van der Waals surface area contributed by atoms with Crippen LogP contribution in [0.2, 0.25) is 0 Å². The van der Waals surface area contributed by atoms with Gasteiger partial charge in [0.1, 0.15) is 5.82 Å². The predicted octanol–water partition coefficient (Wildman–Crippen LogP) is 2.40. The molecule has 1 rings (SSSR count). The fourth-order valence-electron chi connectivity index (χ4n) is 0.789. The van der Waals surface area contributed by atoms with Crippen LogP contribution in [0.3, 0.4) is 0 Å². The van der Waals surface area contributed by atoms with E-state index in [0.717, 1.165) is 10.0 Å². The molecule has 2 nitrogen and oxygen atoms in total. The number of rotatable bonds is 2. The Bertz CT molecular complexity index is 260. The summed E-state index contributed by atoms with van der Waals surface area (Å²) in [5.41, 5.74) is 3.27. The second-order valence-electron chi connectivity index (χ2n) is 2.12. The van der Waals surface area contributed by atoms with Gasteiger partial charge >= 0.3 is 0 Å². The summed E-state index contributed by atoms with van der Waals surface area (Å²) >= 11 is 3.27. The van der Waals surface area contributed by atoms with E-state index in [1.807, 2.05) is 0 Å². The Morgan fingerprint density at radius 2 is 2.00 bits per heavy atom. The molecule has 0 aromatic heterocycles. The first-order valence-electron chi connectivity index (χ1n) is 3.11. The van der Waals surface area contributed by atoms with Gasteiger partial charge in [-0.1, -0.05) is 15.9 Å². The van der Waals surface area contributed by atoms with Crippen molar-refractivity contribution < 1.29 is 4.39 Å². The molecule has 0 atom stereocenters. The highest BCUT2D eigenvalue weighted by Crippen LogP contribution is 2.16. The number of halogens is 4. The van der Waals surface area contributed by atoms with E-state index in [1.165, 1.54) is 12.1 Å². The third-order valence-corrected chi connectivity index (χ3v) is 2.07. The smallest absolute Gasteiger partial charge is 0.123 e. The fourth-order valence-corrected chi connectivity index (χ4v) is 1.18. The molecule has 6 heteroatoms. The second-order valence-corrected chi connectivity index (χ2v) is 2.97. The fraction of sp³-hybridized carbons (Fsp3) is 0.143. The van der Waals surface area contributed by atoms with Crippen LogP contribution in [0.4, 0.5) is 4.39 Å². The van der Waals surface area contributed by atoms with E-state index in [1.54, 1.807) is 6.07 Å². The molecule has 0 amide bonds. The molecule has 0 heterocycles. The van der Waals surface area contributed by atoms with Crippen molar-refractivity contribution in [2.45, 2.75) is 6.54 Å². The summed E-state index contributed by atoms with van der Waals surface area (Å²) in [6.07, 6.45) is 0. The minimum absolute atomic E-state index is 0. The number of hydrogen-bond donors (Lipinski definition) is 2. The highest BCUT2D eigenvalue weighted by atomic mass is 79.9. The van der Waals surface area contributed by atoms with Gasteiger partial charge in [-0.3, -0.25) is 11.3 Å². The Morgan fingerprint density at radius 1 is 1.38 bits per heavy atom. The quantitative estimate of drug-likeness (QED) is 0.649. The van der Waals surface area contributed by atoms with Crippen molar-refractivity contribution in [2.24, 2.45) is 5.84 Å². The van der Waals surface area contributed by atoms with Crippen LogP contribution in [0.1, 0.15) is 5.56 Å². The number of nitrogens with two attached hydrogens (primary N) is 1. The molecule has 0 aliphatic rings. The summed E-state index contributed by atoms with van der Waals surface area (Å²) in [4.78, 5) is 0. The maximum absolute atomic E-state index is 12.6. The summed E-state index contributed by atoms with van der Waals surface area (Å²) in [5.74, 6) is 4.83. The lowest BCUT2D eigenvalue weighted by Gasteiger charge is -2.02. The van der Waals surface area contributed by atoms with Gasteiger partial charge in [-0.2, -0.15) is 0 Å². The van der Waals surface area contributed by atoms with Crippen molar-refractivity contribution in [3.63, 3.8) is 0 Å². The molecule has 3 N–H and O–H groups in total. The van der Waals surface area contributed by atoms with Crippen molar-refractivity contribution in [1.82, 2.24) is 5.43 Å². The number of nitrogens with one attached hydrogen (secondary N) is 1. The predicted molar refractivity (Wildman–Crippen MR) is 59.6 cm³/mol. The molecule has 0 unspecified atom stereocenters. The highest BCUT2D eigenvalue weighted by molar-refractivity contribution is 9.10. The summed E-state index contributed by atoms with van der Waals surface area (Å²) < 4.78 is 13.4. The highest BCUT2D eigenvalue weighted by Gasteiger charge is 1.99. The summed E-state index contributed by atoms with van der Waals surface area (Å²) in [6, 6.07) is 4.48. The van der Waals surface area contributed by atoms with E-state index in [-0.39, 0.29) is 30.6 Å². The monoisotopic (exact) mass is 290 g/mol. The van der Waals surface area contributed by atoms with E-state index < -0.39 is 0 Å². The van der Waals surface area contributed by atoms with Gasteiger partial charge in [0.05, 0.1) is 0 Å². The van der Waals surface area contributed by atoms with E-state index in [4.69, 9.17) is 5.84 Å². The van der Waals surface area contributed by atoms with Crippen molar-refractivity contribution in [3.8, 4) is 0 Å². The van der Waals surface area contributed by atoms with Crippen LogP contribution >= 0.6 is 40.7 Å². The van der Waals surface area contributed by atoms with E-state index in [0.29, 0.717) is 6.54 Å². The molecule has 76 valence electrons.